The van der Waals surface area contributed by atoms with E-state index in [0.717, 1.165) is 31.2 Å². The molecule has 0 aliphatic heterocycles. The summed E-state index contributed by atoms with van der Waals surface area (Å²) in [6, 6.07) is 11.1. The number of carbonyl (C=O) groups is 2. The zero-order valence-electron chi connectivity index (χ0n) is 16.5. The first-order chi connectivity index (χ1) is 14.1. The molecule has 0 saturated heterocycles. The topological polar surface area (TPSA) is 97.1 Å². The minimum atomic E-state index is -0.170. The van der Waals surface area contributed by atoms with E-state index >= 15 is 0 Å². The number of nitrogens with two attached hydrogens (primary N) is 1. The fourth-order valence-electron chi connectivity index (χ4n) is 4.75. The molecule has 0 spiro atoms. The van der Waals surface area contributed by atoms with Gasteiger partial charge in [-0.05, 0) is 67.3 Å². The van der Waals surface area contributed by atoms with Crippen LogP contribution in [0.25, 0.3) is 0 Å². The fraction of sp³-hybridized carbons (Fsp3) is 0.435. The fourth-order valence-corrected chi connectivity index (χ4v) is 4.75. The maximum Gasteiger partial charge on any atom is 0.255 e. The first kappa shape index (κ1) is 19.6. The maximum absolute atomic E-state index is 12.7. The third kappa shape index (κ3) is 4.65. The number of nitrogens with zero attached hydrogens (tertiary/aromatic N) is 1. The largest absolute Gasteiger partial charge is 0.352 e. The van der Waals surface area contributed by atoms with Crippen molar-refractivity contribution in [3.05, 3.63) is 59.9 Å². The van der Waals surface area contributed by atoms with Gasteiger partial charge in [-0.25, -0.2) is 0 Å². The number of anilines is 1. The molecule has 152 valence electrons. The molecule has 2 aliphatic rings. The number of rotatable bonds is 5. The van der Waals surface area contributed by atoms with Crippen molar-refractivity contribution in [3.8, 4) is 0 Å². The molecule has 6 heteroatoms. The van der Waals surface area contributed by atoms with Gasteiger partial charge in [0.05, 0.1) is 0 Å². The van der Waals surface area contributed by atoms with E-state index in [2.05, 4.69) is 15.6 Å². The number of nitrogens with one attached hydrogen (secondary N) is 2. The normalized spacial score (nSPS) is 25.8. The van der Waals surface area contributed by atoms with E-state index in [1.807, 2.05) is 12.1 Å². The van der Waals surface area contributed by atoms with E-state index in [0.29, 0.717) is 29.6 Å². The van der Waals surface area contributed by atoms with Gasteiger partial charge in [-0.15, -0.1) is 0 Å². The van der Waals surface area contributed by atoms with Crippen LogP contribution in [-0.4, -0.2) is 22.8 Å². The standard InChI is InChI=1S/C23H28N4O2/c24-21-17-2-1-3-18(21)13-19(12-17)22(28)26-14-15-4-6-16(7-5-15)23(29)27-20-8-10-25-11-9-20/h4-11,17-19,21H,1-3,12-14,24H2,(H,26,28)(H,25,27,29). The van der Waals surface area contributed by atoms with Crippen LogP contribution < -0.4 is 16.4 Å². The quantitative estimate of drug-likeness (QED) is 0.728. The van der Waals surface area contributed by atoms with E-state index in [-0.39, 0.29) is 23.8 Å². The molecule has 4 rings (SSSR count). The highest BCUT2D eigenvalue weighted by Gasteiger charge is 2.40. The van der Waals surface area contributed by atoms with Gasteiger partial charge in [0.15, 0.2) is 0 Å². The van der Waals surface area contributed by atoms with Crippen molar-refractivity contribution in [1.29, 1.82) is 0 Å². The van der Waals surface area contributed by atoms with E-state index < -0.39 is 0 Å². The van der Waals surface area contributed by atoms with Crippen LogP contribution in [0.4, 0.5) is 5.69 Å². The molecule has 1 aromatic heterocycles. The van der Waals surface area contributed by atoms with Crippen molar-refractivity contribution in [2.45, 2.75) is 44.7 Å². The van der Waals surface area contributed by atoms with E-state index in [4.69, 9.17) is 5.73 Å². The zero-order valence-corrected chi connectivity index (χ0v) is 16.5. The van der Waals surface area contributed by atoms with Gasteiger partial charge in [0, 0.05) is 42.1 Å². The Labute approximate surface area is 171 Å². The van der Waals surface area contributed by atoms with Crippen molar-refractivity contribution in [2.75, 3.05) is 5.32 Å². The molecule has 2 fully saturated rings. The lowest BCUT2D eigenvalue weighted by atomic mass is 9.65. The van der Waals surface area contributed by atoms with Gasteiger partial charge in [-0.3, -0.25) is 14.6 Å². The summed E-state index contributed by atoms with van der Waals surface area (Å²) in [7, 11) is 0. The SMILES string of the molecule is NC1C2CCCC1CC(C(=O)NCc1ccc(C(=O)Nc3ccncc3)cc1)C2. The highest BCUT2D eigenvalue weighted by Crippen LogP contribution is 2.41. The number of aromatic nitrogens is 1. The van der Waals surface area contributed by atoms with Crippen LogP contribution in [0.5, 0.6) is 0 Å². The second-order valence-electron chi connectivity index (χ2n) is 8.30. The number of amides is 2. The Bertz CT molecular complexity index is 839. The van der Waals surface area contributed by atoms with Gasteiger partial charge >= 0.3 is 0 Å². The number of fused-ring (bicyclic) bond motifs is 2. The molecular formula is C23H28N4O2. The summed E-state index contributed by atoms with van der Waals surface area (Å²) < 4.78 is 0. The van der Waals surface area contributed by atoms with E-state index in [1.54, 1.807) is 36.7 Å². The summed E-state index contributed by atoms with van der Waals surface area (Å²) >= 11 is 0. The van der Waals surface area contributed by atoms with Crippen LogP contribution in [0.2, 0.25) is 0 Å². The van der Waals surface area contributed by atoms with Crippen LogP contribution in [-0.2, 0) is 11.3 Å². The zero-order chi connectivity index (χ0) is 20.2. The lowest BCUT2D eigenvalue weighted by Crippen LogP contribution is -2.49. The van der Waals surface area contributed by atoms with E-state index in [1.165, 1.54) is 6.42 Å². The van der Waals surface area contributed by atoms with Crippen LogP contribution in [0.15, 0.2) is 48.8 Å². The highest BCUT2D eigenvalue weighted by atomic mass is 16.2. The Balaban J connectivity index is 1.29. The van der Waals surface area contributed by atoms with E-state index in [9.17, 15) is 9.59 Å². The molecule has 0 radical (unpaired) electrons. The molecule has 29 heavy (non-hydrogen) atoms. The Morgan fingerprint density at radius 3 is 2.31 bits per heavy atom. The molecule has 2 saturated carbocycles. The van der Waals surface area contributed by atoms with Crippen molar-refractivity contribution >= 4 is 17.5 Å². The number of benzene rings is 1. The summed E-state index contributed by atoms with van der Waals surface area (Å²) in [5.74, 6) is 1.04. The molecule has 2 unspecified atom stereocenters. The van der Waals surface area contributed by atoms with Gasteiger partial charge in [0.25, 0.3) is 5.91 Å². The molecule has 1 heterocycles. The van der Waals surface area contributed by atoms with Crippen molar-refractivity contribution in [1.82, 2.24) is 10.3 Å². The maximum atomic E-state index is 12.7. The van der Waals surface area contributed by atoms with Crippen molar-refractivity contribution in [3.63, 3.8) is 0 Å². The molecular weight excluding hydrogens is 364 g/mol. The summed E-state index contributed by atoms with van der Waals surface area (Å²) in [6.45, 7) is 0.475. The Morgan fingerprint density at radius 2 is 1.66 bits per heavy atom. The summed E-state index contributed by atoms with van der Waals surface area (Å²) in [4.78, 5) is 28.9. The third-order valence-electron chi connectivity index (χ3n) is 6.40. The summed E-state index contributed by atoms with van der Waals surface area (Å²) in [6.07, 6.45) is 8.66. The predicted molar refractivity (Wildman–Crippen MR) is 112 cm³/mol. The van der Waals surface area contributed by atoms with Crippen LogP contribution in [0.1, 0.15) is 48.0 Å². The Morgan fingerprint density at radius 1 is 1.00 bits per heavy atom. The molecule has 2 atom stereocenters. The van der Waals surface area contributed by atoms with Crippen LogP contribution >= 0.6 is 0 Å². The molecule has 2 bridgehead atoms. The van der Waals surface area contributed by atoms with Crippen LogP contribution in [0, 0.1) is 17.8 Å². The smallest absolute Gasteiger partial charge is 0.255 e. The Kier molecular flexibility index (Phi) is 5.90. The lowest BCUT2D eigenvalue weighted by molar-refractivity contribution is -0.128. The Hall–Kier alpha value is -2.73. The average Bonchev–Trinajstić information content (AvgIpc) is 2.73. The lowest BCUT2D eigenvalue weighted by Gasteiger charge is -2.43. The van der Waals surface area contributed by atoms with Gasteiger partial charge in [-0.2, -0.15) is 0 Å². The number of carbonyl (C=O) groups excluding carboxylic acids is 2. The minimum absolute atomic E-state index is 0.0792. The molecule has 2 aliphatic carbocycles. The number of hydrogen-bond acceptors (Lipinski definition) is 4. The molecule has 2 aromatic rings. The van der Waals surface area contributed by atoms with Crippen molar-refractivity contribution < 1.29 is 9.59 Å². The van der Waals surface area contributed by atoms with Crippen LogP contribution in [0.3, 0.4) is 0 Å². The second-order valence-corrected chi connectivity index (χ2v) is 8.30. The first-order valence-electron chi connectivity index (χ1n) is 10.4. The van der Waals surface area contributed by atoms with Crippen molar-refractivity contribution in [2.24, 2.45) is 23.5 Å². The van der Waals surface area contributed by atoms with Gasteiger partial charge in [-0.1, -0.05) is 18.6 Å². The van der Waals surface area contributed by atoms with Gasteiger partial charge < -0.3 is 16.4 Å². The second kappa shape index (κ2) is 8.74. The predicted octanol–water partition coefficient (Wildman–Crippen LogP) is 3.10. The molecule has 2 amide bonds. The number of pyridine rings is 1. The minimum Gasteiger partial charge on any atom is -0.352 e. The third-order valence-corrected chi connectivity index (χ3v) is 6.40. The highest BCUT2D eigenvalue weighted by molar-refractivity contribution is 6.04. The molecule has 4 N–H and O–H groups in total. The molecule has 1 aromatic carbocycles. The summed E-state index contributed by atoms with van der Waals surface area (Å²) in [5, 5.41) is 5.91. The average molecular weight is 393 g/mol. The molecule has 6 nitrogen and oxygen atoms in total. The monoisotopic (exact) mass is 392 g/mol. The first-order valence-corrected chi connectivity index (χ1v) is 10.4. The summed E-state index contributed by atoms with van der Waals surface area (Å²) in [5.41, 5.74) is 8.59. The van der Waals surface area contributed by atoms with Gasteiger partial charge in [0.1, 0.15) is 0 Å². The van der Waals surface area contributed by atoms with Gasteiger partial charge in [0.2, 0.25) is 5.91 Å². The number of hydrogen-bond donors (Lipinski definition) is 3.